The Balaban J connectivity index is 1.88. The van der Waals surface area contributed by atoms with Gasteiger partial charge in [0, 0.05) is 38.3 Å². The zero-order chi connectivity index (χ0) is 14.6. The van der Waals surface area contributed by atoms with Gasteiger partial charge in [-0.2, -0.15) is 12.7 Å². The maximum absolute atomic E-state index is 12.2. The molecule has 0 aromatic carbocycles. The van der Waals surface area contributed by atoms with E-state index in [9.17, 15) is 8.42 Å². The van der Waals surface area contributed by atoms with Crippen LogP contribution in [0.3, 0.4) is 0 Å². The Kier molecular flexibility index (Phi) is 5.38. The fourth-order valence-electron chi connectivity index (χ4n) is 2.43. The van der Waals surface area contributed by atoms with Gasteiger partial charge < -0.3 is 9.47 Å². The van der Waals surface area contributed by atoms with Crippen molar-refractivity contribution in [2.45, 2.75) is 19.4 Å². The summed E-state index contributed by atoms with van der Waals surface area (Å²) in [4.78, 5) is 2.26. The highest BCUT2D eigenvalue weighted by Gasteiger charge is 2.31. The first kappa shape index (κ1) is 16.1. The van der Waals surface area contributed by atoms with E-state index >= 15 is 0 Å². The van der Waals surface area contributed by atoms with Gasteiger partial charge in [-0.3, -0.25) is 4.90 Å². The molecule has 2 rings (SSSR count). The van der Waals surface area contributed by atoms with Crippen molar-refractivity contribution in [3.05, 3.63) is 0 Å². The summed E-state index contributed by atoms with van der Waals surface area (Å²) in [6.45, 7) is 9.38. The van der Waals surface area contributed by atoms with Crippen LogP contribution < -0.4 is 4.72 Å². The summed E-state index contributed by atoms with van der Waals surface area (Å²) in [6.07, 6.45) is 0. The maximum atomic E-state index is 12.2. The summed E-state index contributed by atoms with van der Waals surface area (Å²) in [5, 5.41) is 0. The average molecular weight is 307 g/mol. The van der Waals surface area contributed by atoms with Crippen molar-refractivity contribution in [2.24, 2.45) is 0 Å². The molecule has 2 saturated heterocycles. The molecule has 0 spiro atoms. The molecule has 0 radical (unpaired) electrons. The van der Waals surface area contributed by atoms with Gasteiger partial charge in [-0.1, -0.05) is 0 Å². The molecular weight excluding hydrogens is 282 g/mol. The van der Waals surface area contributed by atoms with Crippen LogP contribution in [0, 0.1) is 0 Å². The predicted molar refractivity (Wildman–Crippen MR) is 75.8 cm³/mol. The van der Waals surface area contributed by atoms with Gasteiger partial charge in [0.05, 0.1) is 26.4 Å². The highest BCUT2D eigenvalue weighted by atomic mass is 32.2. The van der Waals surface area contributed by atoms with Crippen LogP contribution in [0.5, 0.6) is 0 Å². The van der Waals surface area contributed by atoms with E-state index in [1.807, 2.05) is 0 Å². The zero-order valence-corrected chi connectivity index (χ0v) is 13.1. The fourth-order valence-corrected chi connectivity index (χ4v) is 3.77. The minimum atomic E-state index is -3.41. The van der Waals surface area contributed by atoms with Gasteiger partial charge in [0.1, 0.15) is 0 Å². The first-order chi connectivity index (χ1) is 9.42. The number of rotatable bonds is 5. The molecule has 118 valence electrons. The lowest BCUT2D eigenvalue weighted by Crippen LogP contribution is -2.57. The number of nitrogens with one attached hydrogen (secondary N) is 1. The molecule has 0 unspecified atom stereocenters. The Hall–Kier alpha value is -0.250. The maximum Gasteiger partial charge on any atom is 0.279 e. The SMILES string of the molecule is CC(C)(CNS(=O)(=O)N1CCOCC1)N1CCOCC1. The van der Waals surface area contributed by atoms with E-state index in [2.05, 4.69) is 23.5 Å². The lowest BCUT2D eigenvalue weighted by molar-refractivity contribution is -0.00823. The number of hydrogen-bond acceptors (Lipinski definition) is 5. The summed E-state index contributed by atoms with van der Waals surface area (Å²) < 4.78 is 39.2. The summed E-state index contributed by atoms with van der Waals surface area (Å²) in [7, 11) is -3.41. The van der Waals surface area contributed by atoms with Gasteiger partial charge in [-0.15, -0.1) is 0 Å². The van der Waals surface area contributed by atoms with Gasteiger partial charge in [0.15, 0.2) is 0 Å². The predicted octanol–water partition coefficient (Wildman–Crippen LogP) is -0.736. The number of ether oxygens (including phenoxy) is 2. The first-order valence-electron chi connectivity index (χ1n) is 7.07. The minimum absolute atomic E-state index is 0.219. The van der Waals surface area contributed by atoms with Crippen molar-refractivity contribution in [1.29, 1.82) is 0 Å². The van der Waals surface area contributed by atoms with Crippen molar-refractivity contribution in [3.8, 4) is 0 Å². The van der Waals surface area contributed by atoms with Gasteiger partial charge in [-0.25, -0.2) is 4.72 Å². The Labute approximate surface area is 121 Å². The molecule has 0 bridgehead atoms. The standard InChI is InChI=1S/C12H25N3O4S/c1-12(2,14-3-7-18-8-4-14)11-13-20(16,17)15-5-9-19-10-6-15/h13H,3-11H2,1-2H3. The van der Waals surface area contributed by atoms with Crippen LogP contribution in [0.2, 0.25) is 0 Å². The molecule has 0 atom stereocenters. The smallest absolute Gasteiger partial charge is 0.279 e. The molecule has 2 aliphatic rings. The highest BCUT2D eigenvalue weighted by Crippen LogP contribution is 2.16. The molecule has 2 aliphatic heterocycles. The Morgan fingerprint density at radius 2 is 1.50 bits per heavy atom. The van der Waals surface area contributed by atoms with Crippen LogP contribution in [-0.2, 0) is 19.7 Å². The van der Waals surface area contributed by atoms with Gasteiger partial charge in [0.2, 0.25) is 0 Å². The van der Waals surface area contributed by atoms with Crippen LogP contribution in [0.4, 0.5) is 0 Å². The van der Waals surface area contributed by atoms with Gasteiger partial charge >= 0.3 is 0 Å². The van der Waals surface area contributed by atoms with Crippen LogP contribution in [0.15, 0.2) is 0 Å². The Bertz CT molecular complexity index is 401. The number of hydrogen-bond donors (Lipinski definition) is 1. The molecule has 7 nitrogen and oxygen atoms in total. The second kappa shape index (κ2) is 6.67. The van der Waals surface area contributed by atoms with Crippen LogP contribution in [0.25, 0.3) is 0 Å². The molecule has 8 heteroatoms. The van der Waals surface area contributed by atoms with Crippen LogP contribution in [0.1, 0.15) is 13.8 Å². The highest BCUT2D eigenvalue weighted by molar-refractivity contribution is 7.87. The lowest BCUT2D eigenvalue weighted by Gasteiger charge is -2.41. The molecule has 2 fully saturated rings. The number of morpholine rings is 2. The molecule has 0 saturated carbocycles. The van der Waals surface area contributed by atoms with E-state index in [1.165, 1.54) is 4.31 Å². The van der Waals surface area contributed by atoms with Crippen molar-refractivity contribution in [2.75, 3.05) is 59.2 Å². The van der Waals surface area contributed by atoms with Crippen LogP contribution in [-0.4, -0.2) is 82.3 Å². The quantitative estimate of drug-likeness (QED) is 0.725. The average Bonchev–Trinajstić information content (AvgIpc) is 2.47. The second-order valence-corrected chi connectivity index (χ2v) is 7.50. The van der Waals surface area contributed by atoms with E-state index in [1.54, 1.807) is 0 Å². The third kappa shape index (κ3) is 4.12. The van der Waals surface area contributed by atoms with Crippen molar-refractivity contribution in [1.82, 2.24) is 13.9 Å². The molecular formula is C12H25N3O4S. The molecule has 0 aliphatic carbocycles. The third-order valence-electron chi connectivity index (χ3n) is 3.86. The summed E-state index contributed by atoms with van der Waals surface area (Å²) in [5.41, 5.74) is -0.219. The molecule has 1 N–H and O–H groups in total. The summed E-state index contributed by atoms with van der Waals surface area (Å²) in [6, 6.07) is 0. The van der Waals surface area contributed by atoms with Crippen molar-refractivity contribution in [3.63, 3.8) is 0 Å². The van der Waals surface area contributed by atoms with E-state index in [0.717, 1.165) is 13.1 Å². The molecule has 0 aromatic rings. The molecule has 2 heterocycles. The van der Waals surface area contributed by atoms with Crippen molar-refractivity contribution >= 4 is 10.2 Å². The first-order valence-corrected chi connectivity index (χ1v) is 8.51. The molecule has 0 aromatic heterocycles. The normalized spacial score (nSPS) is 23.9. The molecule has 0 amide bonds. The zero-order valence-electron chi connectivity index (χ0n) is 12.3. The topological polar surface area (TPSA) is 71.1 Å². The largest absolute Gasteiger partial charge is 0.379 e. The Morgan fingerprint density at radius 3 is 2.05 bits per heavy atom. The van der Waals surface area contributed by atoms with Gasteiger partial charge in [0.25, 0.3) is 10.2 Å². The van der Waals surface area contributed by atoms with Gasteiger partial charge in [-0.05, 0) is 13.8 Å². The van der Waals surface area contributed by atoms with Crippen LogP contribution >= 0.6 is 0 Å². The van der Waals surface area contributed by atoms with E-state index in [4.69, 9.17) is 9.47 Å². The van der Waals surface area contributed by atoms with E-state index in [0.29, 0.717) is 46.1 Å². The monoisotopic (exact) mass is 307 g/mol. The summed E-state index contributed by atoms with van der Waals surface area (Å²) >= 11 is 0. The third-order valence-corrected chi connectivity index (χ3v) is 5.42. The number of nitrogens with zero attached hydrogens (tertiary/aromatic N) is 2. The summed E-state index contributed by atoms with van der Waals surface area (Å²) in [5.74, 6) is 0. The fraction of sp³-hybridized carbons (Fsp3) is 1.00. The van der Waals surface area contributed by atoms with E-state index < -0.39 is 10.2 Å². The lowest BCUT2D eigenvalue weighted by atomic mass is 10.0. The van der Waals surface area contributed by atoms with Crippen molar-refractivity contribution < 1.29 is 17.9 Å². The minimum Gasteiger partial charge on any atom is -0.379 e. The Morgan fingerprint density at radius 1 is 1.00 bits per heavy atom. The second-order valence-electron chi connectivity index (χ2n) is 5.75. The van der Waals surface area contributed by atoms with E-state index in [-0.39, 0.29) is 5.54 Å². The molecule has 20 heavy (non-hydrogen) atoms.